The van der Waals surface area contributed by atoms with Gasteiger partial charge in [0.25, 0.3) is 0 Å². The third kappa shape index (κ3) is 4.19. The largest absolute Gasteiger partial charge is 0.436 e. The van der Waals surface area contributed by atoms with Crippen LogP contribution in [0.4, 0.5) is 0 Å². The second-order valence-electron chi connectivity index (χ2n) is 10.2. The Morgan fingerprint density at radius 3 is 1.93 bits per heavy atom. The molecule has 194 valence electrons. The van der Waals surface area contributed by atoms with Crippen LogP contribution < -0.4 is 0 Å². The number of allylic oxidation sites excluding steroid dienone is 4. The molecule has 0 aliphatic heterocycles. The van der Waals surface area contributed by atoms with Gasteiger partial charge in [-0.05, 0) is 41.1 Å². The summed E-state index contributed by atoms with van der Waals surface area (Å²) in [6.07, 6.45) is 8.29. The zero-order chi connectivity index (χ0) is 27.2. The number of benzene rings is 5. The fourth-order valence-corrected chi connectivity index (χ4v) is 5.53. The molecule has 0 radical (unpaired) electrons. The molecule has 2 aromatic heterocycles. The van der Waals surface area contributed by atoms with E-state index in [4.69, 9.17) is 24.4 Å². The molecule has 0 atom stereocenters. The van der Waals surface area contributed by atoms with Gasteiger partial charge < -0.3 is 4.42 Å². The lowest BCUT2D eigenvalue weighted by Crippen LogP contribution is -2.00. The fraction of sp³-hybridized carbons (Fsp3) is 0.0556. The van der Waals surface area contributed by atoms with Crippen LogP contribution in [-0.4, -0.2) is 19.9 Å². The first-order valence-corrected chi connectivity index (χ1v) is 13.8. The molecule has 41 heavy (non-hydrogen) atoms. The number of hydrogen-bond acceptors (Lipinski definition) is 5. The Hall–Kier alpha value is -5.42. The minimum Gasteiger partial charge on any atom is -0.436 e. The molecule has 0 spiro atoms. The van der Waals surface area contributed by atoms with E-state index in [1.54, 1.807) is 0 Å². The molecule has 5 aromatic carbocycles. The third-order valence-electron chi connectivity index (χ3n) is 7.60. The lowest BCUT2D eigenvalue weighted by Gasteiger charge is -2.10. The molecule has 1 aliphatic rings. The van der Waals surface area contributed by atoms with Crippen molar-refractivity contribution in [1.82, 2.24) is 19.9 Å². The van der Waals surface area contributed by atoms with E-state index in [2.05, 4.69) is 54.6 Å². The molecule has 0 amide bonds. The Kier molecular flexibility index (Phi) is 5.52. The molecule has 2 heterocycles. The van der Waals surface area contributed by atoms with Gasteiger partial charge >= 0.3 is 0 Å². The molecule has 0 saturated carbocycles. The van der Waals surface area contributed by atoms with Crippen molar-refractivity contribution in [3.63, 3.8) is 0 Å². The van der Waals surface area contributed by atoms with Crippen molar-refractivity contribution < 1.29 is 4.42 Å². The van der Waals surface area contributed by atoms with Crippen LogP contribution in [0.5, 0.6) is 0 Å². The number of oxazole rings is 1. The topological polar surface area (TPSA) is 64.7 Å². The van der Waals surface area contributed by atoms with Crippen LogP contribution >= 0.6 is 0 Å². The van der Waals surface area contributed by atoms with E-state index in [9.17, 15) is 0 Å². The zero-order valence-electron chi connectivity index (χ0n) is 22.2. The van der Waals surface area contributed by atoms with Gasteiger partial charge in [0, 0.05) is 27.6 Å². The fourth-order valence-electron chi connectivity index (χ4n) is 5.53. The van der Waals surface area contributed by atoms with Crippen LogP contribution in [-0.2, 0) is 0 Å². The monoisotopic (exact) mass is 528 g/mol. The summed E-state index contributed by atoms with van der Waals surface area (Å²) in [5.74, 6) is 2.64. The standard InChI is InChI=1S/C36H24N4O/c1-4-10-24(11-5-1)33-38-34(25-12-6-2-7-13-25)40-35(39-33)28-18-20-29-27(22-28)17-16-23-19-21-30-32(31(23)29)37-36(41-30)26-14-8-3-9-15-26/h1-8,10-14,16-22H,9,15H2. The second-order valence-corrected chi connectivity index (χ2v) is 10.2. The van der Waals surface area contributed by atoms with Crippen LogP contribution in [0.2, 0.25) is 0 Å². The summed E-state index contributed by atoms with van der Waals surface area (Å²) in [5.41, 5.74) is 5.67. The molecule has 5 heteroatoms. The van der Waals surface area contributed by atoms with Gasteiger partial charge in [-0.15, -0.1) is 0 Å². The van der Waals surface area contributed by atoms with Crippen molar-refractivity contribution in [1.29, 1.82) is 0 Å². The number of rotatable bonds is 4. The van der Waals surface area contributed by atoms with Gasteiger partial charge in [0.1, 0.15) is 5.52 Å². The van der Waals surface area contributed by atoms with E-state index in [0.717, 1.165) is 67.7 Å². The quantitative estimate of drug-likeness (QED) is 0.213. The maximum atomic E-state index is 6.23. The highest BCUT2D eigenvalue weighted by molar-refractivity contribution is 6.18. The number of fused-ring (bicyclic) bond motifs is 5. The Morgan fingerprint density at radius 2 is 1.24 bits per heavy atom. The van der Waals surface area contributed by atoms with Crippen LogP contribution in [0.3, 0.4) is 0 Å². The van der Waals surface area contributed by atoms with Gasteiger partial charge in [-0.1, -0.05) is 109 Å². The normalized spacial score (nSPS) is 13.2. The predicted octanol–water partition coefficient (Wildman–Crippen LogP) is 9.05. The van der Waals surface area contributed by atoms with Gasteiger partial charge in [-0.25, -0.2) is 19.9 Å². The molecule has 5 nitrogen and oxygen atoms in total. The molecule has 7 aromatic rings. The van der Waals surface area contributed by atoms with Crippen molar-refractivity contribution in [2.75, 3.05) is 0 Å². The van der Waals surface area contributed by atoms with Crippen molar-refractivity contribution in [2.45, 2.75) is 12.8 Å². The van der Waals surface area contributed by atoms with Crippen LogP contribution in [0.15, 0.2) is 126 Å². The van der Waals surface area contributed by atoms with Gasteiger partial charge in [0.2, 0.25) is 5.89 Å². The first-order chi connectivity index (χ1) is 20.3. The highest BCUT2D eigenvalue weighted by atomic mass is 16.3. The SMILES string of the molecule is C1=CCCC(c2nc3c(ccc4ccc5cc(-c6nc(-c7ccccc7)nc(-c7ccccc7)n6)ccc5c43)o2)=C1. The molecule has 0 bridgehead atoms. The molecule has 0 fully saturated rings. The first kappa shape index (κ1) is 23.5. The molecule has 0 unspecified atom stereocenters. The minimum absolute atomic E-state index is 0.638. The zero-order valence-corrected chi connectivity index (χ0v) is 22.2. The minimum atomic E-state index is 0.638. The summed E-state index contributed by atoms with van der Waals surface area (Å²) in [4.78, 5) is 19.6. The second kappa shape index (κ2) is 9.65. The van der Waals surface area contributed by atoms with Gasteiger partial charge in [-0.2, -0.15) is 0 Å². The van der Waals surface area contributed by atoms with Gasteiger partial charge in [0.05, 0.1) is 0 Å². The van der Waals surface area contributed by atoms with E-state index in [-0.39, 0.29) is 0 Å². The Balaban J connectivity index is 1.30. The van der Waals surface area contributed by atoms with Gasteiger partial charge in [0.15, 0.2) is 23.1 Å². The molecule has 0 N–H and O–H groups in total. The van der Waals surface area contributed by atoms with E-state index in [1.165, 1.54) is 0 Å². The van der Waals surface area contributed by atoms with Crippen molar-refractivity contribution in [3.05, 3.63) is 127 Å². The van der Waals surface area contributed by atoms with E-state index >= 15 is 0 Å². The molecule has 8 rings (SSSR count). The summed E-state index contributed by atoms with van der Waals surface area (Å²) in [5, 5.41) is 4.44. The van der Waals surface area contributed by atoms with Crippen LogP contribution in [0.25, 0.3) is 72.4 Å². The lowest BCUT2D eigenvalue weighted by molar-refractivity contribution is 0.580. The summed E-state index contributed by atoms with van der Waals surface area (Å²) in [6, 6.07) is 34.9. The van der Waals surface area contributed by atoms with Crippen molar-refractivity contribution in [3.8, 4) is 34.2 Å². The number of aromatic nitrogens is 4. The highest BCUT2D eigenvalue weighted by Crippen LogP contribution is 2.36. The Bertz CT molecular complexity index is 2090. The number of nitrogens with zero attached hydrogens (tertiary/aromatic N) is 4. The third-order valence-corrected chi connectivity index (χ3v) is 7.60. The molecule has 0 saturated heterocycles. The van der Waals surface area contributed by atoms with Crippen LogP contribution in [0.1, 0.15) is 18.7 Å². The maximum Gasteiger partial charge on any atom is 0.223 e. The summed E-state index contributed by atoms with van der Waals surface area (Å²) in [7, 11) is 0. The average Bonchev–Trinajstić information content (AvgIpc) is 3.50. The molecule has 1 aliphatic carbocycles. The number of hydrogen-bond donors (Lipinski definition) is 0. The van der Waals surface area contributed by atoms with E-state index in [1.807, 2.05) is 66.7 Å². The van der Waals surface area contributed by atoms with Crippen molar-refractivity contribution in [2.24, 2.45) is 0 Å². The van der Waals surface area contributed by atoms with Crippen LogP contribution in [0, 0.1) is 0 Å². The lowest BCUT2D eigenvalue weighted by atomic mass is 9.99. The summed E-state index contributed by atoms with van der Waals surface area (Å²) in [6.45, 7) is 0. The van der Waals surface area contributed by atoms with Crippen molar-refractivity contribution >= 4 is 38.2 Å². The first-order valence-electron chi connectivity index (χ1n) is 13.8. The molecular formula is C36H24N4O. The Morgan fingerprint density at radius 1 is 0.585 bits per heavy atom. The summed E-state index contributed by atoms with van der Waals surface area (Å²) >= 11 is 0. The maximum absolute atomic E-state index is 6.23. The molecular weight excluding hydrogens is 504 g/mol. The van der Waals surface area contributed by atoms with Gasteiger partial charge in [-0.3, -0.25) is 0 Å². The van der Waals surface area contributed by atoms with E-state index in [0.29, 0.717) is 23.4 Å². The Labute approximate surface area is 236 Å². The van der Waals surface area contributed by atoms with E-state index < -0.39 is 0 Å². The predicted molar refractivity (Wildman–Crippen MR) is 165 cm³/mol. The highest BCUT2D eigenvalue weighted by Gasteiger charge is 2.17. The average molecular weight is 529 g/mol. The summed E-state index contributed by atoms with van der Waals surface area (Å²) < 4.78 is 6.23. The smallest absolute Gasteiger partial charge is 0.223 e.